The molecule has 0 bridgehead atoms. The third kappa shape index (κ3) is 4.34. The predicted molar refractivity (Wildman–Crippen MR) is 89.1 cm³/mol. The molecular formula is C17H26BrNO. The van der Waals surface area contributed by atoms with Gasteiger partial charge in [-0.05, 0) is 53.7 Å². The van der Waals surface area contributed by atoms with E-state index in [1.54, 1.807) is 0 Å². The molecule has 0 aromatic heterocycles. The Labute approximate surface area is 131 Å². The first-order valence-electron chi connectivity index (χ1n) is 7.47. The number of amides is 1. The van der Waals surface area contributed by atoms with Crippen molar-refractivity contribution in [2.24, 2.45) is 5.92 Å². The minimum Gasteiger partial charge on any atom is -0.335 e. The maximum atomic E-state index is 12.9. The average molecular weight is 340 g/mol. The van der Waals surface area contributed by atoms with E-state index in [2.05, 4.69) is 43.6 Å². The molecule has 20 heavy (non-hydrogen) atoms. The molecular weight excluding hydrogens is 314 g/mol. The molecule has 1 amide bonds. The van der Waals surface area contributed by atoms with E-state index >= 15 is 0 Å². The Morgan fingerprint density at radius 2 is 1.85 bits per heavy atom. The summed E-state index contributed by atoms with van der Waals surface area (Å²) < 4.78 is 0.882. The molecule has 0 saturated heterocycles. The fourth-order valence-electron chi connectivity index (χ4n) is 2.48. The second-order valence-corrected chi connectivity index (χ2v) is 6.66. The summed E-state index contributed by atoms with van der Waals surface area (Å²) in [6, 6.07) is 6.27. The highest BCUT2D eigenvalue weighted by molar-refractivity contribution is 9.10. The molecule has 0 aliphatic heterocycles. The highest BCUT2D eigenvalue weighted by Crippen LogP contribution is 2.23. The van der Waals surface area contributed by atoms with E-state index in [1.165, 1.54) is 0 Å². The zero-order valence-electron chi connectivity index (χ0n) is 13.2. The van der Waals surface area contributed by atoms with Gasteiger partial charge in [0.05, 0.1) is 5.56 Å². The third-order valence-corrected chi connectivity index (χ3v) is 4.25. The average Bonchev–Trinajstić information content (AvgIpc) is 2.40. The van der Waals surface area contributed by atoms with Gasteiger partial charge >= 0.3 is 0 Å². The largest absolute Gasteiger partial charge is 0.335 e. The van der Waals surface area contributed by atoms with Crippen LogP contribution in [-0.2, 0) is 0 Å². The number of benzene rings is 1. The second-order valence-electron chi connectivity index (χ2n) is 5.80. The zero-order chi connectivity index (χ0) is 15.3. The van der Waals surface area contributed by atoms with E-state index < -0.39 is 0 Å². The maximum Gasteiger partial charge on any atom is 0.255 e. The summed E-state index contributed by atoms with van der Waals surface area (Å²) >= 11 is 3.51. The lowest BCUT2D eigenvalue weighted by atomic mass is 10.0. The number of nitrogens with zero attached hydrogens (tertiary/aromatic N) is 1. The van der Waals surface area contributed by atoms with Gasteiger partial charge in [-0.3, -0.25) is 4.79 Å². The van der Waals surface area contributed by atoms with Crippen molar-refractivity contribution >= 4 is 21.8 Å². The van der Waals surface area contributed by atoms with Crippen molar-refractivity contribution in [1.82, 2.24) is 4.90 Å². The van der Waals surface area contributed by atoms with Gasteiger partial charge in [0.15, 0.2) is 0 Å². The molecule has 0 unspecified atom stereocenters. The lowest BCUT2D eigenvalue weighted by Crippen LogP contribution is -2.42. The van der Waals surface area contributed by atoms with Gasteiger partial charge in [0, 0.05) is 17.1 Å². The summed E-state index contributed by atoms with van der Waals surface area (Å²) in [5, 5.41) is 0. The van der Waals surface area contributed by atoms with Crippen molar-refractivity contribution in [2.75, 3.05) is 6.54 Å². The van der Waals surface area contributed by atoms with Crippen LogP contribution in [0.15, 0.2) is 22.7 Å². The standard InChI is InChI=1S/C17H26BrNO/c1-6-14(7-2)19(11-12(3)4)17(20)15-10-13(5)8-9-16(15)18/h8-10,12,14H,6-7,11H2,1-5H3. The molecule has 0 atom stereocenters. The van der Waals surface area contributed by atoms with Gasteiger partial charge in [0.2, 0.25) is 0 Å². The van der Waals surface area contributed by atoms with Crippen LogP contribution in [0.4, 0.5) is 0 Å². The number of aryl methyl sites for hydroxylation is 1. The van der Waals surface area contributed by atoms with Gasteiger partial charge in [-0.2, -0.15) is 0 Å². The van der Waals surface area contributed by atoms with Crippen molar-refractivity contribution in [3.63, 3.8) is 0 Å². The molecule has 112 valence electrons. The summed E-state index contributed by atoms with van der Waals surface area (Å²) in [7, 11) is 0. The monoisotopic (exact) mass is 339 g/mol. The molecule has 0 aliphatic carbocycles. The molecule has 1 aromatic rings. The highest BCUT2D eigenvalue weighted by atomic mass is 79.9. The fourth-order valence-corrected chi connectivity index (χ4v) is 2.89. The molecule has 3 heteroatoms. The van der Waals surface area contributed by atoms with Gasteiger partial charge in [-0.25, -0.2) is 0 Å². The van der Waals surface area contributed by atoms with Crippen LogP contribution in [0.2, 0.25) is 0 Å². The van der Waals surface area contributed by atoms with Crippen molar-refractivity contribution < 1.29 is 4.79 Å². The normalized spacial score (nSPS) is 11.2. The first-order chi connectivity index (χ1) is 9.40. The van der Waals surface area contributed by atoms with Crippen molar-refractivity contribution in [1.29, 1.82) is 0 Å². The topological polar surface area (TPSA) is 20.3 Å². The Morgan fingerprint density at radius 1 is 1.25 bits per heavy atom. The number of halogens is 1. The Hall–Kier alpha value is -0.830. The summed E-state index contributed by atoms with van der Waals surface area (Å²) in [5.41, 5.74) is 1.89. The van der Waals surface area contributed by atoms with Gasteiger partial charge in [-0.15, -0.1) is 0 Å². The van der Waals surface area contributed by atoms with Crippen molar-refractivity contribution in [2.45, 2.75) is 53.5 Å². The molecule has 0 radical (unpaired) electrons. The lowest BCUT2D eigenvalue weighted by molar-refractivity contribution is 0.0639. The van der Waals surface area contributed by atoms with Crippen molar-refractivity contribution in [3.05, 3.63) is 33.8 Å². The zero-order valence-corrected chi connectivity index (χ0v) is 14.8. The molecule has 1 rings (SSSR count). The summed E-state index contributed by atoms with van der Waals surface area (Å²) in [6.45, 7) is 11.5. The number of hydrogen-bond acceptors (Lipinski definition) is 1. The Morgan fingerprint density at radius 3 is 2.35 bits per heavy atom. The van der Waals surface area contributed by atoms with Gasteiger partial charge in [0.25, 0.3) is 5.91 Å². The molecule has 0 fully saturated rings. The smallest absolute Gasteiger partial charge is 0.255 e. The van der Waals surface area contributed by atoms with Crippen LogP contribution in [0.3, 0.4) is 0 Å². The summed E-state index contributed by atoms with van der Waals surface area (Å²) in [5.74, 6) is 0.617. The number of carbonyl (C=O) groups is 1. The molecule has 1 aromatic carbocycles. The Bertz CT molecular complexity index is 452. The van der Waals surface area contributed by atoms with Crippen LogP contribution in [0, 0.1) is 12.8 Å². The van der Waals surface area contributed by atoms with Crippen LogP contribution in [0.1, 0.15) is 56.5 Å². The van der Waals surface area contributed by atoms with Crippen molar-refractivity contribution in [3.8, 4) is 0 Å². The van der Waals surface area contributed by atoms with Crippen LogP contribution in [0.5, 0.6) is 0 Å². The molecule has 0 spiro atoms. The predicted octanol–water partition coefficient (Wildman–Crippen LogP) is 5.04. The molecule has 2 nitrogen and oxygen atoms in total. The number of rotatable bonds is 6. The van der Waals surface area contributed by atoms with Crippen LogP contribution >= 0.6 is 15.9 Å². The second kappa shape index (κ2) is 7.82. The van der Waals surface area contributed by atoms with E-state index in [4.69, 9.17) is 0 Å². The lowest BCUT2D eigenvalue weighted by Gasteiger charge is -2.32. The van der Waals surface area contributed by atoms with Crippen LogP contribution in [0.25, 0.3) is 0 Å². The van der Waals surface area contributed by atoms with E-state index in [0.29, 0.717) is 12.0 Å². The minimum atomic E-state index is 0.142. The van der Waals surface area contributed by atoms with Crippen LogP contribution in [-0.4, -0.2) is 23.4 Å². The highest BCUT2D eigenvalue weighted by Gasteiger charge is 2.24. The first-order valence-corrected chi connectivity index (χ1v) is 8.27. The first kappa shape index (κ1) is 17.2. The number of carbonyl (C=O) groups excluding carboxylic acids is 1. The Kier molecular flexibility index (Phi) is 6.74. The number of hydrogen-bond donors (Lipinski definition) is 0. The van der Waals surface area contributed by atoms with Gasteiger partial charge in [0.1, 0.15) is 0 Å². The fraction of sp³-hybridized carbons (Fsp3) is 0.588. The van der Waals surface area contributed by atoms with E-state index in [1.807, 2.05) is 30.0 Å². The van der Waals surface area contributed by atoms with Gasteiger partial charge in [-0.1, -0.05) is 39.3 Å². The third-order valence-electron chi connectivity index (χ3n) is 3.56. The van der Waals surface area contributed by atoms with E-state index in [-0.39, 0.29) is 5.91 Å². The van der Waals surface area contributed by atoms with Gasteiger partial charge < -0.3 is 4.90 Å². The Balaban J connectivity index is 3.12. The quantitative estimate of drug-likeness (QED) is 0.710. The van der Waals surface area contributed by atoms with Crippen LogP contribution < -0.4 is 0 Å². The van der Waals surface area contributed by atoms with E-state index in [0.717, 1.165) is 35.0 Å². The van der Waals surface area contributed by atoms with E-state index in [9.17, 15) is 4.79 Å². The summed E-state index contributed by atoms with van der Waals surface area (Å²) in [6.07, 6.45) is 2.00. The SMILES string of the molecule is CCC(CC)N(CC(C)C)C(=O)c1cc(C)ccc1Br. The summed E-state index contributed by atoms with van der Waals surface area (Å²) in [4.78, 5) is 15.0. The molecule has 0 aliphatic rings. The molecule has 0 N–H and O–H groups in total. The molecule has 0 saturated carbocycles. The minimum absolute atomic E-state index is 0.142. The maximum absolute atomic E-state index is 12.9. The molecule has 0 heterocycles.